The maximum absolute atomic E-state index is 12.1. The number of hydrogen-bond donors (Lipinski definition) is 2. The number of hydrogen-bond acceptors (Lipinski definition) is 3. The molecule has 6 heteroatoms. The Kier molecular flexibility index (Phi) is 3.65. The summed E-state index contributed by atoms with van der Waals surface area (Å²) in [6.45, 7) is 1.88. The Bertz CT molecular complexity index is 627. The van der Waals surface area contributed by atoms with E-state index in [2.05, 4.69) is 10.0 Å². The van der Waals surface area contributed by atoms with Crippen LogP contribution in [0.2, 0.25) is 0 Å². The van der Waals surface area contributed by atoms with Crippen molar-refractivity contribution in [1.82, 2.24) is 10.0 Å². The Labute approximate surface area is 125 Å². The van der Waals surface area contributed by atoms with Gasteiger partial charge in [0.15, 0.2) is 0 Å². The molecule has 0 aromatic heterocycles. The van der Waals surface area contributed by atoms with Crippen LogP contribution in [-0.2, 0) is 10.0 Å². The zero-order chi connectivity index (χ0) is 15.0. The van der Waals surface area contributed by atoms with Crippen molar-refractivity contribution in [2.45, 2.75) is 43.5 Å². The Morgan fingerprint density at radius 3 is 2.24 bits per heavy atom. The van der Waals surface area contributed by atoms with Gasteiger partial charge in [0, 0.05) is 6.04 Å². The molecule has 3 atom stereocenters. The van der Waals surface area contributed by atoms with Gasteiger partial charge < -0.3 is 5.32 Å². The van der Waals surface area contributed by atoms with Crippen molar-refractivity contribution in [3.05, 3.63) is 29.8 Å². The van der Waals surface area contributed by atoms with E-state index in [4.69, 9.17) is 0 Å². The first-order valence-corrected chi connectivity index (χ1v) is 8.86. The smallest absolute Gasteiger partial charge is 0.328 e. The normalized spacial score (nSPS) is 27.6. The zero-order valence-corrected chi connectivity index (χ0v) is 12.8. The van der Waals surface area contributed by atoms with Crippen molar-refractivity contribution in [3.63, 3.8) is 0 Å². The highest BCUT2D eigenvalue weighted by Gasteiger charge is 2.51. The highest BCUT2D eigenvalue weighted by Crippen LogP contribution is 2.49. The molecule has 3 rings (SSSR count). The van der Waals surface area contributed by atoms with Crippen LogP contribution in [0.15, 0.2) is 29.2 Å². The lowest BCUT2D eigenvalue weighted by Crippen LogP contribution is -2.41. The number of fused-ring (bicyclic) bond motifs is 1. The molecule has 2 fully saturated rings. The number of rotatable bonds is 3. The molecule has 2 N–H and O–H groups in total. The summed E-state index contributed by atoms with van der Waals surface area (Å²) in [4.78, 5) is 12.0. The van der Waals surface area contributed by atoms with Gasteiger partial charge in [0.2, 0.25) is 0 Å². The fraction of sp³-hybridized carbons (Fsp3) is 0.533. The highest BCUT2D eigenvalue weighted by atomic mass is 32.2. The van der Waals surface area contributed by atoms with Crippen molar-refractivity contribution in [1.29, 1.82) is 0 Å². The summed E-state index contributed by atoms with van der Waals surface area (Å²) in [7, 11) is -3.79. The minimum absolute atomic E-state index is 0.108. The molecule has 2 saturated carbocycles. The number of carbonyl (C=O) groups excluding carboxylic acids is 1. The largest absolute Gasteiger partial charge is 0.334 e. The van der Waals surface area contributed by atoms with E-state index < -0.39 is 16.1 Å². The van der Waals surface area contributed by atoms with Crippen molar-refractivity contribution in [2.75, 3.05) is 0 Å². The van der Waals surface area contributed by atoms with Crippen LogP contribution >= 0.6 is 0 Å². The molecular weight excluding hydrogens is 288 g/mol. The van der Waals surface area contributed by atoms with Crippen LogP contribution in [0.1, 0.15) is 31.2 Å². The topological polar surface area (TPSA) is 75.3 Å². The van der Waals surface area contributed by atoms with E-state index in [1.807, 2.05) is 6.92 Å². The second kappa shape index (κ2) is 5.33. The molecule has 2 amide bonds. The summed E-state index contributed by atoms with van der Waals surface area (Å²) in [5.74, 6) is 1.10. The number of sulfonamides is 1. The van der Waals surface area contributed by atoms with Gasteiger partial charge in [-0.3, -0.25) is 0 Å². The minimum Gasteiger partial charge on any atom is -0.334 e. The first-order chi connectivity index (χ1) is 9.97. The van der Waals surface area contributed by atoms with Crippen LogP contribution in [0.4, 0.5) is 4.79 Å². The van der Waals surface area contributed by atoms with Gasteiger partial charge in [-0.05, 0) is 43.7 Å². The van der Waals surface area contributed by atoms with Gasteiger partial charge in [-0.1, -0.05) is 30.5 Å². The van der Waals surface area contributed by atoms with Gasteiger partial charge in [-0.25, -0.2) is 17.9 Å². The monoisotopic (exact) mass is 308 g/mol. The van der Waals surface area contributed by atoms with E-state index in [9.17, 15) is 13.2 Å². The van der Waals surface area contributed by atoms with Crippen molar-refractivity contribution >= 4 is 16.1 Å². The van der Waals surface area contributed by atoms with Crippen LogP contribution in [-0.4, -0.2) is 20.5 Å². The van der Waals surface area contributed by atoms with Gasteiger partial charge in [0.25, 0.3) is 10.0 Å². The second-order valence-electron chi connectivity index (χ2n) is 6.03. The van der Waals surface area contributed by atoms with Gasteiger partial charge in [0.1, 0.15) is 0 Å². The van der Waals surface area contributed by atoms with E-state index in [1.54, 1.807) is 12.1 Å². The minimum atomic E-state index is -3.79. The molecule has 0 saturated heterocycles. The maximum Gasteiger partial charge on any atom is 0.328 e. The summed E-state index contributed by atoms with van der Waals surface area (Å²) >= 11 is 0. The van der Waals surface area contributed by atoms with Crippen LogP contribution < -0.4 is 10.0 Å². The van der Waals surface area contributed by atoms with E-state index in [0.717, 1.165) is 18.4 Å². The SMILES string of the molecule is Cc1ccc(S(=O)(=O)NC(=O)NC2[C@H]3CCCC[C@@H]23)cc1. The first kappa shape index (κ1) is 14.4. The summed E-state index contributed by atoms with van der Waals surface area (Å²) < 4.78 is 26.3. The van der Waals surface area contributed by atoms with Gasteiger partial charge in [0.05, 0.1) is 4.90 Å². The predicted molar refractivity (Wildman–Crippen MR) is 79.3 cm³/mol. The second-order valence-corrected chi connectivity index (χ2v) is 7.71. The number of carbonyl (C=O) groups is 1. The molecule has 2 aliphatic carbocycles. The highest BCUT2D eigenvalue weighted by molar-refractivity contribution is 7.90. The molecule has 1 aromatic rings. The predicted octanol–water partition coefficient (Wildman–Crippen LogP) is 2.17. The molecule has 1 aromatic carbocycles. The van der Waals surface area contributed by atoms with Crippen LogP contribution in [0.5, 0.6) is 0 Å². The average molecular weight is 308 g/mol. The summed E-state index contributed by atoms with van der Waals surface area (Å²) in [5.41, 5.74) is 0.973. The third-order valence-corrected chi connectivity index (χ3v) is 5.86. The maximum atomic E-state index is 12.1. The Morgan fingerprint density at radius 1 is 1.10 bits per heavy atom. The standard InChI is InChI=1S/C15H20N2O3S/c1-10-6-8-11(9-7-10)21(19,20)17-15(18)16-14-12-4-2-3-5-13(12)14/h6-9,12-14H,2-5H2,1H3,(H2,16,17,18)/t12-,13+,14?. The van der Waals surface area contributed by atoms with Gasteiger partial charge >= 0.3 is 6.03 Å². The van der Waals surface area contributed by atoms with E-state index in [-0.39, 0.29) is 10.9 Å². The van der Waals surface area contributed by atoms with E-state index in [0.29, 0.717) is 11.8 Å². The summed E-state index contributed by atoms with van der Waals surface area (Å²) in [6, 6.07) is 5.96. The third kappa shape index (κ3) is 3.05. The van der Waals surface area contributed by atoms with E-state index >= 15 is 0 Å². The number of benzene rings is 1. The van der Waals surface area contributed by atoms with Crippen LogP contribution in [0.25, 0.3) is 0 Å². The number of amides is 2. The third-order valence-electron chi connectivity index (χ3n) is 4.51. The molecular formula is C15H20N2O3S. The number of urea groups is 1. The quantitative estimate of drug-likeness (QED) is 0.898. The molecule has 0 bridgehead atoms. The van der Waals surface area contributed by atoms with Crippen molar-refractivity contribution in [2.24, 2.45) is 11.8 Å². The molecule has 0 aliphatic heterocycles. The fourth-order valence-electron chi connectivity index (χ4n) is 3.29. The molecule has 1 unspecified atom stereocenters. The van der Waals surface area contributed by atoms with Crippen LogP contribution in [0, 0.1) is 18.8 Å². The Balaban J connectivity index is 1.60. The lowest BCUT2D eigenvalue weighted by atomic mass is 10.0. The lowest BCUT2D eigenvalue weighted by Gasteiger charge is -2.08. The Hall–Kier alpha value is -1.56. The fourth-order valence-corrected chi connectivity index (χ4v) is 4.20. The molecule has 2 aliphatic rings. The lowest BCUT2D eigenvalue weighted by molar-refractivity contribution is 0.244. The number of aryl methyl sites for hydroxylation is 1. The van der Waals surface area contributed by atoms with Gasteiger partial charge in [-0.15, -0.1) is 0 Å². The molecule has 0 spiro atoms. The zero-order valence-electron chi connectivity index (χ0n) is 12.0. The van der Waals surface area contributed by atoms with Gasteiger partial charge in [-0.2, -0.15) is 0 Å². The summed E-state index contributed by atoms with van der Waals surface area (Å²) in [5, 5.41) is 2.80. The molecule has 21 heavy (non-hydrogen) atoms. The number of nitrogens with one attached hydrogen (secondary N) is 2. The molecule has 114 valence electrons. The Morgan fingerprint density at radius 2 is 1.67 bits per heavy atom. The first-order valence-electron chi connectivity index (χ1n) is 7.37. The van der Waals surface area contributed by atoms with Crippen LogP contribution in [0.3, 0.4) is 0 Å². The van der Waals surface area contributed by atoms with Crippen molar-refractivity contribution in [3.8, 4) is 0 Å². The van der Waals surface area contributed by atoms with Crippen molar-refractivity contribution < 1.29 is 13.2 Å². The van der Waals surface area contributed by atoms with E-state index in [1.165, 1.54) is 25.0 Å². The molecule has 0 heterocycles. The summed E-state index contributed by atoms with van der Waals surface area (Å²) in [6.07, 6.45) is 4.70. The molecule has 5 nitrogen and oxygen atoms in total. The molecule has 0 radical (unpaired) electrons. The average Bonchev–Trinajstić information content (AvgIpc) is 3.12.